The second kappa shape index (κ2) is 4.63. The Kier molecular flexibility index (Phi) is 3.05. The normalized spacial score (nSPS) is 15.6. The number of rotatable bonds is 3. The molecule has 0 saturated carbocycles. The van der Waals surface area contributed by atoms with E-state index in [2.05, 4.69) is 13.8 Å². The van der Waals surface area contributed by atoms with Crippen molar-refractivity contribution in [3.8, 4) is 11.5 Å². The number of methoxy groups -OCH3 is 1. The summed E-state index contributed by atoms with van der Waals surface area (Å²) in [7, 11) is 1.58. The predicted molar refractivity (Wildman–Crippen MR) is 79.2 cm³/mol. The Bertz CT molecular complexity index is 670. The summed E-state index contributed by atoms with van der Waals surface area (Å²) in [4.78, 5) is 13.2. The molecular weight excluding hydrogens is 272 g/mol. The van der Waals surface area contributed by atoms with Crippen LogP contribution in [0.1, 0.15) is 34.6 Å². The lowest BCUT2D eigenvalue weighted by molar-refractivity contribution is 0.104. The van der Waals surface area contributed by atoms with E-state index in [-0.39, 0.29) is 11.4 Å². The molecule has 4 heteroatoms. The molecule has 0 atom stereocenters. The highest BCUT2D eigenvalue weighted by molar-refractivity contribution is 7.12. The van der Waals surface area contributed by atoms with Crippen LogP contribution in [0, 0.1) is 0 Å². The topological polar surface area (TPSA) is 35.5 Å². The van der Waals surface area contributed by atoms with E-state index in [9.17, 15) is 4.79 Å². The van der Waals surface area contributed by atoms with Crippen molar-refractivity contribution in [1.82, 2.24) is 0 Å². The third-order valence-electron chi connectivity index (χ3n) is 3.38. The van der Waals surface area contributed by atoms with Crippen molar-refractivity contribution < 1.29 is 14.3 Å². The minimum Gasteiger partial charge on any atom is -0.495 e. The van der Waals surface area contributed by atoms with Crippen molar-refractivity contribution in [3.05, 3.63) is 45.6 Å². The number of carbonyl (C=O) groups is 1. The molecule has 2 aromatic rings. The van der Waals surface area contributed by atoms with Crippen molar-refractivity contribution in [2.75, 3.05) is 7.11 Å². The van der Waals surface area contributed by atoms with Gasteiger partial charge in [-0.1, -0.05) is 0 Å². The molecule has 0 bridgehead atoms. The number of benzene rings is 1. The van der Waals surface area contributed by atoms with Gasteiger partial charge in [-0.15, -0.1) is 11.3 Å². The van der Waals surface area contributed by atoms with Crippen LogP contribution < -0.4 is 9.47 Å². The highest BCUT2D eigenvalue weighted by atomic mass is 32.1. The molecule has 3 rings (SSSR count). The lowest BCUT2D eigenvalue weighted by Crippen LogP contribution is -2.24. The first-order valence-electron chi connectivity index (χ1n) is 6.48. The fraction of sp³-hybridized carbons (Fsp3) is 0.312. The molecular formula is C16H16O3S. The van der Waals surface area contributed by atoms with E-state index in [4.69, 9.17) is 9.47 Å². The summed E-state index contributed by atoms with van der Waals surface area (Å²) >= 11 is 1.40. The average molecular weight is 288 g/mol. The van der Waals surface area contributed by atoms with Gasteiger partial charge < -0.3 is 9.47 Å². The summed E-state index contributed by atoms with van der Waals surface area (Å²) in [5.74, 6) is 1.52. The fourth-order valence-corrected chi connectivity index (χ4v) is 3.33. The van der Waals surface area contributed by atoms with Crippen molar-refractivity contribution >= 4 is 17.1 Å². The zero-order valence-corrected chi connectivity index (χ0v) is 12.5. The van der Waals surface area contributed by atoms with Crippen molar-refractivity contribution in [2.24, 2.45) is 0 Å². The first kappa shape index (κ1) is 13.2. The van der Waals surface area contributed by atoms with Crippen LogP contribution in [0.15, 0.2) is 29.6 Å². The van der Waals surface area contributed by atoms with E-state index in [1.54, 1.807) is 7.11 Å². The van der Waals surface area contributed by atoms with Crippen LogP contribution in [0.2, 0.25) is 0 Å². The van der Waals surface area contributed by atoms with Gasteiger partial charge >= 0.3 is 0 Å². The molecule has 1 aromatic carbocycles. The first-order valence-corrected chi connectivity index (χ1v) is 7.36. The number of hydrogen-bond donors (Lipinski definition) is 0. The van der Waals surface area contributed by atoms with Crippen LogP contribution in [0.25, 0.3) is 0 Å². The summed E-state index contributed by atoms with van der Waals surface area (Å²) in [6.07, 6.45) is 0.824. The third-order valence-corrected chi connectivity index (χ3v) is 4.27. The van der Waals surface area contributed by atoms with Gasteiger partial charge in [-0.25, -0.2) is 0 Å². The number of hydrogen-bond acceptors (Lipinski definition) is 4. The van der Waals surface area contributed by atoms with Crippen LogP contribution >= 0.6 is 11.3 Å². The highest BCUT2D eigenvalue weighted by Gasteiger charge is 2.30. The summed E-state index contributed by atoms with van der Waals surface area (Å²) in [5.41, 5.74) is 1.59. The molecule has 0 radical (unpaired) electrons. The molecule has 1 aromatic heterocycles. The van der Waals surface area contributed by atoms with Gasteiger partial charge in [0.1, 0.15) is 22.0 Å². The maximum absolute atomic E-state index is 12.5. The Morgan fingerprint density at radius 2 is 2.15 bits per heavy atom. The smallest absolute Gasteiger partial charge is 0.206 e. The summed E-state index contributed by atoms with van der Waals surface area (Å²) < 4.78 is 11.0. The standard InChI is InChI=1S/C16H16O3S/c1-16(2)9-11-8-10(4-5-12(11)19-16)14(17)15-13(18-3)6-7-20-15/h4-8H,9H2,1-3H3. The van der Waals surface area contributed by atoms with E-state index in [0.717, 1.165) is 17.7 Å². The number of fused-ring (bicyclic) bond motifs is 1. The van der Waals surface area contributed by atoms with E-state index in [0.29, 0.717) is 16.2 Å². The predicted octanol–water partition coefficient (Wildman–Crippen LogP) is 3.70. The van der Waals surface area contributed by atoms with Crippen molar-refractivity contribution in [1.29, 1.82) is 0 Å². The first-order chi connectivity index (χ1) is 9.50. The van der Waals surface area contributed by atoms with Crippen molar-refractivity contribution in [3.63, 3.8) is 0 Å². The molecule has 1 aliphatic heterocycles. The van der Waals surface area contributed by atoms with Crippen LogP contribution in [0.5, 0.6) is 11.5 Å². The van der Waals surface area contributed by atoms with Crippen LogP contribution in [0.4, 0.5) is 0 Å². The molecule has 0 unspecified atom stereocenters. The second-order valence-electron chi connectivity index (χ2n) is 5.51. The van der Waals surface area contributed by atoms with Crippen molar-refractivity contribution in [2.45, 2.75) is 25.9 Å². The zero-order valence-electron chi connectivity index (χ0n) is 11.7. The van der Waals surface area contributed by atoms with E-state index < -0.39 is 0 Å². The zero-order chi connectivity index (χ0) is 14.3. The molecule has 2 heterocycles. The molecule has 0 amide bonds. The Balaban J connectivity index is 1.95. The highest BCUT2D eigenvalue weighted by Crippen LogP contribution is 2.36. The van der Waals surface area contributed by atoms with Gasteiger partial charge in [-0.2, -0.15) is 0 Å². The molecule has 0 saturated heterocycles. The van der Waals surface area contributed by atoms with Gasteiger partial charge in [0.25, 0.3) is 0 Å². The molecule has 0 aliphatic carbocycles. The van der Waals surface area contributed by atoms with Gasteiger partial charge in [-0.05, 0) is 49.1 Å². The number of thiophene rings is 1. The molecule has 3 nitrogen and oxygen atoms in total. The monoisotopic (exact) mass is 288 g/mol. The van der Waals surface area contributed by atoms with Crippen LogP contribution in [-0.4, -0.2) is 18.5 Å². The summed E-state index contributed by atoms with van der Waals surface area (Å²) in [6.45, 7) is 4.10. The Morgan fingerprint density at radius 3 is 2.90 bits per heavy atom. The average Bonchev–Trinajstić information content (AvgIpc) is 2.98. The van der Waals surface area contributed by atoms with E-state index in [1.807, 2.05) is 29.6 Å². The summed E-state index contributed by atoms with van der Waals surface area (Å²) in [6, 6.07) is 7.46. The largest absolute Gasteiger partial charge is 0.495 e. The summed E-state index contributed by atoms with van der Waals surface area (Å²) in [5, 5.41) is 1.87. The van der Waals surface area contributed by atoms with Gasteiger partial charge in [0.15, 0.2) is 0 Å². The third kappa shape index (κ3) is 2.20. The Hall–Kier alpha value is -1.81. The van der Waals surface area contributed by atoms with Crippen LogP contribution in [-0.2, 0) is 6.42 Å². The fourth-order valence-electron chi connectivity index (χ4n) is 2.51. The number of ketones is 1. The Morgan fingerprint density at radius 1 is 1.35 bits per heavy atom. The number of ether oxygens (including phenoxy) is 2. The molecule has 20 heavy (non-hydrogen) atoms. The minimum absolute atomic E-state index is 0.00403. The van der Waals surface area contributed by atoms with Gasteiger partial charge in [0.05, 0.1) is 7.11 Å². The minimum atomic E-state index is -0.190. The quantitative estimate of drug-likeness (QED) is 0.808. The van der Waals surface area contributed by atoms with Gasteiger partial charge in [0.2, 0.25) is 5.78 Å². The lowest BCUT2D eigenvalue weighted by atomic mass is 9.99. The van der Waals surface area contributed by atoms with Gasteiger partial charge in [-0.3, -0.25) is 4.79 Å². The second-order valence-corrected chi connectivity index (χ2v) is 6.42. The molecule has 104 valence electrons. The molecule has 0 fully saturated rings. The van der Waals surface area contributed by atoms with Gasteiger partial charge in [0, 0.05) is 12.0 Å². The maximum Gasteiger partial charge on any atom is 0.206 e. The van der Waals surface area contributed by atoms with E-state index in [1.165, 1.54) is 11.3 Å². The SMILES string of the molecule is COc1ccsc1C(=O)c1ccc2c(c1)CC(C)(C)O2. The lowest BCUT2D eigenvalue weighted by Gasteiger charge is -2.16. The molecule has 0 N–H and O–H groups in total. The van der Waals surface area contributed by atoms with E-state index >= 15 is 0 Å². The maximum atomic E-state index is 12.5. The molecule has 0 spiro atoms. The molecule has 1 aliphatic rings. The Labute approximate surface area is 122 Å². The number of carbonyl (C=O) groups excluding carboxylic acids is 1. The van der Waals surface area contributed by atoms with Crippen LogP contribution in [0.3, 0.4) is 0 Å².